The predicted molar refractivity (Wildman–Crippen MR) is 71.0 cm³/mol. The van der Waals surface area contributed by atoms with Crippen LogP contribution in [0.5, 0.6) is 0 Å². The first-order valence-electron chi connectivity index (χ1n) is 6.55. The summed E-state index contributed by atoms with van der Waals surface area (Å²) >= 11 is 0. The van der Waals surface area contributed by atoms with Gasteiger partial charge < -0.3 is 16.0 Å². The molecular formula is C13H23N3O3. The highest BCUT2D eigenvalue weighted by Gasteiger charge is 2.38. The number of likely N-dealkylation sites (tertiary alicyclic amines) is 1. The second-order valence-electron chi connectivity index (χ2n) is 6.04. The molecule has 3 N–H and O–H groups in total. The quantitative estimate of drug-likeness (QED) is 0.756. The molecule has 0 aromatic heterocycles. The van der Waals surface area contributed by atoms with Gasteiger partial charge in [0, 0.05) is 12.0 Å². The summed E-state index contributed by atoms with van der Waals surface area (Å²) in [6, 6.07) is -1.21. The van der Waals surface area contributed by atoms with Gasteiger partial charge in [-0.25, -0.2) is 0 Å². The lowest BCUT2D eigenvalue weighted by Gasteiger charge is -2.30. The number of nitrogens with one attached hydrogen (secondary N) is 1. The number of carbonyl (C=O) groups is 3. The van der Waals surface area contributed by atoms with Crippen molar-refractivity contribution < 1.29 is 14.4 Å². The van der Waals surface area contributed by atoms with Crippen molar-refractivity contribution in [2.24, 2.45) is 11.1 Å². The largest absolute Gasteiger partial charge is 0.368 e. The van der Waals surface area contributed by atoms with E-state index in [0.29, 0.717) is 13.0 Å². The average Bonchev–Trinajstić information content (AvgIpc) is 2.74. The van der Waals surface area contributed by atoms with Crippen LogP contribution in [0.25, 0.3) is 0 Å². The lowest BCUT2D eigenvalue weighted by atomic mass is 9.94. The van der Waals surface area contributed by atoms with Gasteiger partial charge >= 0.3 is 0 Å². The molecule has 108 valence electrons. The van der Waals surface area contributed by atoms with E-state index in [-0.39, 0.29) is 11.8 Å². The van der Waals surface area contributed by atoms with Crippen molar-refractivity contribution in [3.63, 3.8) is 0 Å². The minimum atomic E-state index is -0.723. The lowest BCUT2D eigenvalue weighted by Crippen LogP contribution is -2.53. The van der Waals surface area contributed by atoms with E-state index in [9.17, 15) is 14.4 Å². The molecule has 0 aromatic rings. The van der Waals surface area contributed by atoms with E-state index < -0.39 is 23.4 Å². The molecule has 0 spiro atoms. The van der Waals surface area contributed by atoms with Crippen molar-refractivity contribution in [1.82, 2.24) is 10.2 Å². The Hall–Kier alpha value is -1.59. The molecule has 0 bridgehead atoms. The van der Waals surface area contributed by atoms with Crippen LogP contribution in [-0.2, 0) is 14.4 Å². The van der Waals surface area contributed by atoms with Crippen molar-refractivity contribution >= 4 is 17.7 Å². The highest BCUT2D eigenvalue weighted by atomic mass is 16.2. The molecule has 1 aliphatic rings. The molecule has 1 fully saturated rings. The Bertz CT molecular complexity index is 387. The predicted octanol–water partition coefficient (Wildman–Crippen LogP) is 0.0135. The van der Waals surface area contributed by atoms with E-state index >= 15 is 0 Å². The van der Waals surface area contributed by atoms with Crippen LogP contribution in [0.2, 0.25) is 0 Å². The molecule has 0 unspecified atom stereocenters. The summed E-state index contributed by atoms with van der Waals surface area (Å²) in [6.45, 7) is 7.60. The van der Waals surface area contributed by atoms with Gasteiger partial charge in [-0.15, -0.1) is 0 Å². The van der Waals surface area contributed by atoms with Gasteiger partial charge in [0.05, 0.1) is 0 Å². The van der Waals surface area contributed by atoms with Crippen LogP contribution in [0.3, 0.4) is 0 Å². The van der Waals surface area contributed by atoms with E-state index in [4.69, 9.17) is 5.73 Å². The molecular weight excluding hydrogens is 246 g/mol. The zero-order valence-corrected chi connectivity index (χ0v) is 12.0. The molecule has 1 heterocycles. The molecule has 0 radical (unpaired) electrons. The Balaban J connectivity index is 2.74. The summed E-state index contributed by atoms with van der Waals surface area (Å²) in [4.78, 5) is 36.9. The second kappa shape index (κ2) is 5.59. The van der Waals surface area contributed by atoms with Crippen molar-refractivity contribution in [2.75, 3.05) is 6.54 Å². The molecule has 6 heteroatoms. The first-order chi connectivity index (χ1) is 8.64. The zero-order chi connectivity index (χ0) is 14.8. The van der Waals surface area contributed by atoms with Crippen LogP contribution >= 0.6 is 0 Å². The number of amides is 3. The number of hydrogen-bond acceptors (Lipinski definition) is 3. The van der Waals surface area contributed by atoms with E-state index in [1.54, 1.807) is 4.90 Å². The fourth-order valence-electron chi connectivity index (χ4n) is 2.09. The smallest absolute Gasteiger partial charge is 0.243 e. The van der Waals surface area contributed by atoms with Gasteiger partial charge in [-0.2, -0.15) is 0 Å². The number of hydrogen-bond donors (Lipinski definition) is 2. The maximum absolute atomic E-state index is 12.3. The van der Waals surface area contributed by atoms with Crippen LogP contribution in [0.1, 0.15) is 40.5 Å². The Morgan fingerprint density at radius 3 is 2.37 bits per heavy atom. The number of carbonyl (C=O) groups excluding carboxylic acids is 3. The molecule has 1 saturated heterocycles. The van der Waals surface area contributed by atoms with Crippen molar-refractivity contribution in [3.8, 4) is 0 Å². The monoisotopic (exact) mass is 269 g/mol. The number of rotatable bonds is 3. The summed E-state index contributed by atoms with van der Waals surface area (Å²) in [7, 11) is 0. The minimum absolute atomic E-state index is 0.0446. The van der Waals surface area contributed by atoms with Crippen LogP contribution in [0, 0.1) is 5.41 Å². The summed E-state index contributed by atoms with van der Waals surface area (Å²) in [5.74, 6) is -0.932. The maximum atomic E-state index is 12.3. The normalized spacial score (nSPS) is 21.1. The van der Waals surface area contributed by atoms with Crippen LogP contribution in [0.4, 0.5) is 0 Å². The van der Waals surface area contributed by atoms with Gasteiger partial charge in [0.2, 0.25) is 17.7 Å². The topological polar surface area (TPSA) is 92.5 Å². The zero-order valence-electron chi connectivity index (χ0n) is 12.0. The van der Waals surface area contributed by atoms with Gasteiger partial charge in [-0.05, 0) is 19.8 Å². The van der Waals surface area contributed by atoms with Gasteiger partial charge in [0.15, 0.2) is 0 Å². The number of nitrogens with two attached hydrogens (primary N) is 1. The summed E-state index contributed by atoms with van der Waals surface area (Å²) < 4.78 is 0. The third-order valence-corrected chi connectivity index (χ3v) is 3.24. The highest BCUT2D eigenvalue weighted by molar-refractivity contribution is 5.92. The van der Waals surface area contributed by atoms with Gasteiger partial charge in [0.25, 0.3) is 0 Å². The van der Waals surface area contributed by atoms with Crippen molar-refractivity contribution in [2.45, 2.75) is 52.6 Å². The minimum Gasteiger partial charge on any atom is -0.368 e. The fourth-order valence-corrected chi connectivity index (χ4v) is 2.09. The molecule has 2 atom stereocenters. The van der Waals surface area contributed by atoms with E-state index in [2.05, 4.69) is 5.32 Å². The second-order valence-corrected chi connectivity index (χ2v) is 6.04. The average molecular weight is 269 g/mol. The van der Waals surface area contributed by atoms with Crippen LogP contribution in [-0.4, -0.2) is 41.2 Å². The molecule has 0 aliphatic carbocycles. The molecule has 1 aliphatic heterocycles. The summed E-state index contributed by atoms with van der Waals surface area (Å²) in [6.07, 6.45) is 1.42. The molecule has 3 amide bonds. The maximum Gasteiger partial charge on any atom is 0.243 e. The first kappa shape index (κ1) is 15.5. The Morgan fingerprint density at radius 1 is 1.32 bits per heavy atom. The Morgan fingerprint density at radius 2 is 1.89 bits per heavy atom. The van der Waals surface area contributed by atoms with Gasteiger partial charge in [0.1, 0.15) is 12.1 Å². The van der Waals surface area contributed by atoms with Crippen molar-refractivity contribution in [1.29, 1.82) is 0 Å². The Kier molecular flexibility index (Phi) is 4.55. The molecule has 19 heavy (non-hydrogen) atoms. The molecule has 6 nitrogen and oxygen atoms in total. The lowest BCUT2D eigenvalue weighted by molar-refractivity contribution is -0.145. The fraction of sp³-hybridized carbons (Fsp3) is 0.769. The molecule has 0 aromatic carbocycles. The SMILES string of the molecule is C[C@@H](NC(=O)[C@@H]1CCCN1C(=O)C(C)(C)C)C(N)=O. The van der Waals surface area contributed by atoms with Crippen molar-refractivity contribution in [3.05, 3.63) is 0 Å². The summed E-state index contributed by atoms with van der Waals surface area (Å²) in [5, 5.41) is 2.55. The van der Waals surface area contributed by atoms with E-state index in [1.807, 2.05) is 20.8 Å². The van der Waals surface area contributed by atoms with Crippen LogP contribution in [0.15, 0.2) is 0 Å². The third-order valence-electron chi connectivity index (χ3n) is 3.24. The molecule has 0 saturated carbocycles. The van der Waals surface area contributed by atoms with E-state index in [0.717, 1.165) is 6.42 Å². The van der Waals surface area contributed by atoms with Gasteiger partial charge in [-0.3, -0.25) is 14.4 Å². The third kappa shape index (κ3) is 3.68. The van der Waals surface area contributed by atoms with Gasteiger partial charge in [-0.1, -0.05) is 20.8 Å². The molecule has 1 rings (SSSR count). The van der Waals surface area contributed by atoms with E-state index in [1.165, 1.54) is 6.92 Å². The standard InChI is InChI=1S/C13H23N3O3/c1-8(10(14)17)15-11(18)9-6-5-7-16(9)12(19)13(2,3)4/h8-9H,5-7H2,1-4H3,(H2,14,17)(H,15,18)/t8-,9+/m1/s1. The Labute approximate surface area is 113 Å². The van der Waals surface area contributed by atoms with Crippen LogP contribution < -0.4 is 11.1 Å². The first-order valence-corrected chi connectivity index (χ1v) is 6.55. The number of nitrogens with zero attached hydrogens (tertiary/aromatic N) is 1. The summed E-state index contributed by atoms with van der Waals surface area (Å²) in [5.41, 5.74) is 4.60. The highest BCUT2D eigenvalue weighted by Crippen LogP contribution is 2.25. The number of primary amides is 1.